The van der Waals surface area contributed by atoms with Gasteiger partial charge in [-0.2, -0.15) is 0 Å². The number of aliphatic carboxylic acids is 1. The number of hydrogen-bond acceptors (Lipinski definition) is 4. The number of carbonyl (C=O) groups is 3. The fourth-order valence-corrected chi connectivity index (χ4v) is 4.15. The van der Waals surface area contributed by atoms with Gasteiger partial charge in [0.15, 0.2) is 0 Å². The van der Waals surface area contributed by atoms with Crippen molar-refractivity contribution >= 4 is 29.4 Å². The molecule has 1 heterocycles. The van der Waals surface area contributed by atoms with Gasteiger partial charge in [-0.05, 0) is 49.2 Å². The number of hydrogen-bond donors (Lipinski definition) is 4. The average molecular weight is 472 g/mol. The molecule has 1 fully saturated rings. The summed E-state index contributed by atoms with van der Waals surface area (Å²) >= 11 is 6.01. The van der Waals surface area contributed by atoms with Crippen LogP contribution in [-0.4, -0.2) is 48.6 Å². The SMILES string of the molecule is O=C(CC(CNC(=O)C1CCNCC1)c1ccc(Cl)cc1)NC(Cc1ccccc1)C(=O)O. The molecule has 33 heavy (non-hydrogen) atoms. The Labute approximate surface area is 198 Å². The molecule has 7 nitrogen and oxygen atoms in total. The summed E-state index contributed by atoms with van der Waals surface area (Å²) in [7, 11) is 0. The van der Waals surface area contributed by atoms with Crippen molar-refractivity contribution in [2.75, 3.05) is 19.6 Å². The number of piperidine rings is 1. The van der Waals surface area contributed by atoms with E-state index in [1.165, 1.54) is 0 Å². The number of amides is 2. The van der Waals surface area contributed by atoms with E-state index >= 15 is 0 Å². The second kappa shape index (κ2) is 12.4. The largest absolute Gasteiger partial charge is 0.480 e. The number of nitrogens with one attached hydrogen (secondary N) is 3. The van der Waals surface area contributed by atoms with Crippen LogP contribution in [0.15, 0.2) is 54.6 Å². The Balaban J connectivity index is 1.64. The zero-order valence-corrected chi connectivity index (χ0v) is 19.2. The van der Waals surface area contributed by atoms with E-state index in [9.17, 15) is 19.5 Å². The maximum absolute atomic E-state index is 12.8. The number of halogens is 1. The van der Waals surface area contributed by atoms with Gasteiger partial charge in [-0.1, -0.05) is 54.1 Å². The highest BCUT2D eigenvalue weighted by Crippen LogP contribution is 2.22. The van der Waals surface area contributed by atoms with Crippen molar-refractivity contribution in [3.05, 3.63) is 70.7 Å². The lowest BCUT2D eigenvalue weighted by Gasteiger charge is -2.24. The molecule has 176 valence electrons. The Kier molecular flexibility index (Phi) is 9.27. The van der Waals surface area contributed by atoms with Crippen molar-refractivity contribution in [1.82, 2.24) is 16.0 Å². The van der Waals surface area contributed by atoms with Gasteiger partial charge in [0, 0.05) is 36.2 Å². The highest BCUT2D eigenvalue weighted by Gasteiger charge is 2.25. The van der Waals surface area contributed by atoms with Crippen molar-refractivity contribution in [2.24, 2.45) is 5.92 Å². The van der Waals surface area contributed by atoms with Crippen LogP contribution in [-0.2, 0) is 20.8 Å². The van der Waals surface area contributed by atoms with Crippen LogP contribution < -0.4 is 16.0 Å². The molecule has 2 atom stereocenters. The van der Waals surface area contributed by atoms with E-state index in [1.807, 2.05) is 42.5 Å². The zero-order chi connectivity index (χ0) is 23.6. The Morgan fingerprint density at radius 1 is 1.03 bits per heavy atom. The smallest absolute Gasteiger partial charge is 0.326 e. The first kappa shape index (κ1) is 24.7. The first-order valence-electron chi connectivity index (χ1n) is 11.2. The zero-order valence-electron chi connectivity index (χ0n) is 18.4. The molecule has 0 aromatic heterocycles. The first-order chi connectivity index (χ1) is 15.9. The van der Waals surface area contributed by atoms with Crippen LogP contribution in [0.4, 0.5) is 0 Å². The van der Waals surface area contributed by atoms with Crippen molar-refractivity contribution in [3.8, 4) is 0 Å². The summed E-state index contributed by atoms with van der Waals surface area (Å²) in [6.45, 7) is 1.92. The van der Waals surface area contributed by atoms with Crippen LogP contribution in [0.1, 0.15) is 36.3 Å². The van der Waals surface area contributed by atoms with E-state index < -0.39 is 12.0 Å². The number of rotatable bonds is 10. The molecule has 0 saturated carbocycles. The molecule has 0 aliphatic carbocycles. The molecule has 0 bridgehead atoms. The van der Waals surface area contributed by atoms with Crippen molar-refractivity contribution in [2.45, 2.75) is 37.6 Å². The van der Waals surface area contributed by atoms with Crippen molar-refractivity contribution in [1.29, 1.82) is 0 Å². The summed E-state index contributed by atoms with van der Waals surface area (Å²) in [5.74, 6) is -1.82. The van der Waals surface area contributed by atoms with Crippen molar-refractivity contribution < 1.29 is 19.5 Å². The van der Waals surface area contributed by atoms with Crippen molar-refractivity contribution in [3.63, 3.8) is 0 Å². The van der Waals surface area contributed by atoms with Gasteiger partial charge in [0.1, 0.15) is 6.04 Å². The Morgan fingerprint density at radius 2 is 1.70 bits per heavy atom. The Hall–Kier alpha value is -2.90. The van der Waals surface area contributed by atoms with Crippen LogP contribution in [0, 0.1) is 5.92 Å². The minimum atomic E-state index is -1.09. The predicted octanol–water partition coefficient (Wildman–Crippen LogP) is 2.74. The maximum atomic E-state index is 12.8. The lowest BCUT2D eigenvalue weighted by Crippen LogP contribution is -2.44. The van der Waals surface area contributed by atoms with Crippen LogP contribution in [0.5, 0.6) is 0 Å². The minimum absolute atomic E-state index is 0.0108. The fourth-order valence-electron chi connectivity index (χ4n) is 4.02. The molecule has 2 aromatic rings. The molecule has 2 amide bonds. The van der Waals surface area contributed by atoms with Gasteiger partial charge < -0.3 is 21.1 Å². The normalized spacial score (nSPS) is 15.9. The molecule has 1 saturated heterocycles. The van der Waals surface area contributed by atoms with Gasteiger partial charge in [-0.25, -0.2) is 4.79 Å². The summed E-state index contributed by atoms with van der Waals surface area (Å²) in [4.78, 5) is 37.2. The van der Waals surface area contributed by atoms with Gasteiger partial charge in [-0.3, -0.25) is 9.59 Å². The second-order valence-electron chi connectivity index (χ2n) is 8.37. The molecule has 2 aromatic carbocycles. The molecule has 1 aliphatic rings. The van der Waals surface area contributed by atoms with E-state index in [-0.39, 0.29) is 43.0 Å². The third-order valence-corrected chi connectivity index (χ3v) is 6.17. The lowest BCUT2D eigenvalue weighted by molar-refractivity contribution is -0.141. The van der Waals surface area contributed by atoms with Crippen LogP contribution in [0.3, 0.4) is 0 Å². The first-order valence-corrected chi connectivity index (χ1v) is 11.6. The molecular formula is C25H30ClN3O4. The van der Waals surface area contributed by atoms with E-state index in [0.29, 0.717) is 5.02 Å². The quantitative estimate of drug-likeness (QED) is 0.426. The number of carboxylic acids is 1. The molecule has 0 radical (unpaired) electrons. The lowest BCUT2D eigenvalue weighted by atomic mass is 9.93. The number of benzene rings is 2. The van der Waals surface area contributed by atoms with E-state index in [4.69, 9.17) is 11.6 Å². The molecule has 4 N–H and O–H groups in total. The van der Waals surface area contributed by atoms with E-state index in [2.05, 4.69) is 16.0 Å². The Bertz CT molecular complexity index is 930. The predicted molar refractivity (Wildman–Crippen MR) is 127 cm³/mol. The van der Waals surface area contributed by atoms with Crippen LogP contribution >= 0.6 is 11.6 Å². The summed E-state index contributed by atoms with van der Waals surface area (Å²) in [6.07, 6.45) is 1.82. The highest BCUT2D eigenvalue weighted by atomic mass is 35.5. The molecular weight excluding hydrogens is 442 g/mol. The Morgan fingerprint density at radius 3 is 2.33 bits per heavy atom. The molecule has 0 spiro atoms. The van der Waals surface area contributed by atoms with E-state index in [1.54, 1.807) is 12.1 Å². The standard InChI is InChI=1S/C25H30ClN3O4/c26-21-8-6-18(7-9-21)20(16-28-24(31)19-10-12-27-13-11-19)15-23(30)29-22(25(32)33)14-17-4-2-1-3-5-17/h1-9,19-20,22,27H,10-16H2,(H,28,31)(H,29,30)(H,32,33). The third kappa shape index (κ3) is 7.87. The van der Waals surface area contributed by atoms with Crippen LogP contribution in [0.25, 0.3) is 0 Å². The number of carbonyl (C=O) groups excluding carboxylic acids is 2. The monoisotopic (exact) mass is 471 g/mol. The van der Waals surface area contributed by atoms with E-state index in [0.717, 1.165) is 37.1 Å². The van der Waals surface area contributed by atoms with Gasteiger partial charge in [0.25, 0.3) is 0 Å². The van der Waals surface area contributed by atoms with Gasteiger partial charge in [-0.15, -0.1) is 0 Å². The molecule has 2 unspecified atom stereocenters. The van der Waals surface area contributed by atoms with Gasteiger partial charge in [0.05, 0.1) is 0 Å². The van der Waals surface area contributed by atoms with Gasteiger partial charge >= 0.3 is 5.97 Å². The number of carboxylic acid groups (broad SMARTS) is 1. The molecule has 8 heteroatoms. The maximum Gasteiger partial charge on any atom is 0.326 e. The topological polar surface area (TPSA) is 108 Å². The summed E-state index contributed by atoms with van der Waals surface area (Å²) in [6, 6.07) is 15.3. The summed E-state index contributed by atoms with van der Waals surface area (Å²) in [5.41, 5.74) is 1.68. The molecule has 3 rings (SSSR count). The minimum Gasteiger partial charge on any atom is -0.480 e. The van der Waals surface area contributed by atoms with Crippen LogP contribution in [0.2, 0.25) is 5.02 Å². The average Bonchev–Trinajstić information content (AvgIpc) is 2.83. The highest BCUT2D eigenvalue weighted by molar-refractivity contribution is 6.30. The summed E-state index contributed by atoms with van der Waals surface area (Å²) < 4.78 is 0. The third-order valence-electron chi connectivity index (χ3n) is 5.92. The second-order valence-corrected chi connectivity index (χ2v) is 8.81. The van der Waals surface area contributed by atoms with Gasteiger partial charge in [0.2, 0.25) is 11.8 Å². The molecule has 1 aliphatic heterocycles. The summed E-state index contributed by atoms with van der Waals surface area (Å²) in [5, 5.41) is 19.0. The fraction of sp³-hybridized carbons (Fsp3) is 0.400.